The Morgan fingerprint density at radius 1 is 1.03 bits per heavy atom. The molecule has 5 rings (SSSR count). The zero-order chi connectivity index (χ0) is 23.3. The third-order valence-electron chi connectivity index (χ3n) is 6.32. The quantitative estimate of drug-likeness (QED) is 0.574. The lowest BCUT2D eigenvalue weighted by molar-refractivity contribution is 0.0704. The van der Waals surface area contributed by atoms with E-state index < -0.39 is 0 Å². The molecule has 176 valence electrons. The Morgan fingerprint density at radius 3 is 2.74 bits per heavy atom. The summed E-state index contributed by atoms with van der Waals surface area (Å²) in [6.45, 7) is 6.26. The zero-order valence-corrected chi connectivity index (χ0v) is 19.4. The first kappa shape index (κ1) is 22.3. The number of pyridine rings is 1. The van der Waals surface area contributed by atoms with E-state index in [4.69, 9.17) is 9.47 Å². The van der Waals surface area contributed by atoms with Gasteiger partial charge in [-0.2, -0.15) is 0 Å². The van der Waals surface area contributed by atoms with Crippen molar-refractivity contribution in [3.05, 3.63) is 71.8 Å². The van der Waals surface area contributed by atoms with Crippen LogP contribution in [0.1, 0.15) is 40.4 Å². The van der Waals surface area contributed by atoms with Crippen LogP contribution in [0.15, 0.2) is 55.0 Å². The van der Waals surface area contributed by atoms with E-state index in [9.17, 15) is 4.79 Å². The number of benzene rings is 1. The first-order valence-electron chi connectivity index (χ1n) is 11.8. The van der Waals surface area contributed by atoms with E-state index in [-0.39, 0.29) is 11.8 Å². The van der Waals surface area contributed by atoms with Crippen molar-refractivity contribution in [3.63, 3.8) is 0 Å². The molecule has 2 aliphatic rings. The average Bonchev–Trinajstić information content (AvgIpc) is 2.89. The summed E-state index contributed by atoms with van der Waals surface area (Å²) < 4.78 is 11.5. The molecular formula is C26H29N5O3. The number of morpholine rings is 1. The Morgan fingerprint density at radius 2 is 1.88 bits per heavy atom. The van der Waals surface area contributed by atoms with Gasteiger partial charge in [-0.3, -0.25) is 9.78 Å². The molecule has 34 heavy (non-hydrogen) atoms. The lowest BCUT2D eigenvalue weighted by Gasteiger charge is -2.33. The van der Waals surface area contributed by atoms with Crippen molar-refractivity contribution in [1.82, 2.24) is 19.9 Å². The Balaban J connectivity index is 1.32. The summed E-state index contributed by atoms with van der Waals surface area (Å²) in [5.41, 5.74) is 2.57. The molecule has 0 N–H and O–H groups in total. The van der Waals surface area contributed by atoms with Gasteiger partial charge in [-0.15, -0.1) is 0 Å². The SMILES string of the molecule is Cc1cccc(Oc2nccnc2C2CCCN(C(=O)c3ccnc(N4CCOCC4)c3)C2)c1. The van der Waals surface area contributed by atoms with Crippen LogP contribution >= 0.6 is 0 Å². The smallest absolute Gasteiger partial charge is 0.254 e. The maximum Gasteiger partial charge on any atom is 0.254 e. The number of amides is 1. The molecule has 2 aliphatic heterocycles. The number of aromatic nitrogens is 3. The number of anilines is 1. The molecule has 1 atom stereocenters. The fourth-order valence-electron chi connectivity index (χ4n) is 4.57. The van der Waals surface area contributed by atoms with Crippen molar-refractivity contribution in [3.8, 4) is 11.6 Å². The lowest BCUT2D eigenvalue weighted by Crippen LogP contribution is -2.40. The van der Waals surface area contributed by atoms with Gasteiger partial charge in [0.05, 0.1) is 13.2 Å². The van der Waals surface area contributed by atoms with Crippen molar-refractivity contribution >= 4 is 11.7 Å². The number of piperidine rings is 1. The highest BCUT2D eigenvalue weighted by Gasteiger charge is 2.29. The van der Waals surface area contributed by atoms with Crippen molar-refractivity contribution in [2.45, 2.75) is 25.7 Å². The first-order valence-corrected chi connectivity index (χ1v) is 11.8. The molecule has 1 aromatic carbocycles. The van der Waals surface area contributed by atoms with E-state index in [1.807, 2.05) is 42.2 Å². The van der Waals surface area contributed by atoms with Crippen LogP contribution in [0.3, 0.4) is 0 Å². The molecule has 0 aliphatic carbocycles. The number of hydrogen-bond acceptors (Lipinski definition) is 7. The van der Waals surface area contributed by atoms with Gasteiger partial charge in [0.15, 0.2) is 0 Å². The fraction of sp³-hybridized carbons (Fsp3) is 0.385. The predicted molar refractivity (Wildman–Crippen MR) is 128 cm³/mol. The molecule has 2 saturated heterocycles. The summed E-state index contributed by atoms with van der Waals surface area (Å²) in [4.78, 5) is 31.0. The summed E-state index contributed by atoms with van der Waals surface area (Å²) in [7, 11) is 0. The van der Waals surface area contributed by atoms with Gasteiger partial charge in [0.25, 0.3) is 5.91 Å². The van der Waals surface area contributed by atoms with Crippen molar-refractivity contribution in [2.75, 3.05) is 44.3 Å². The van der Waals surface area contributed by atoms with Gasteiger partial charge in [-0.25, -0.2) is 9.97 Å². The highest BCUT2D eigenvalue weighted by Crippen LogP contribution is 2.33. The summed E-state index contributed by atoms with van der Waals surface area (Å²) >= 11 is 0. The Labute approximate surface area is 199 Å². The molecule has 3 aromatic rings. The van der Waals surface area contributed by atoms with E-state index in [0.717, 1.165) is 55.3 Å². The number of likely N-dealkylation sites (tertiary alicyclic amines) is 1. The van der Waals surface area contributed by atoms with E-state index in [2.05, 4.69) is 19.9 Å². The van der Waals surface area contributed by atoms with Gasteiger partial charge >= 0.3 is 0 Å². The third kappa shape index (κ3) is 5.02. The van der Waals surface area contributed by atoms with Crippen LogP contribution < -0.4 is 9.64 Å². The fourth-order valence-corrected chi connectivity index (χ4v) is 4.57. The summed E-state index contributed by atoms with van der Waals surface area (Å²) in [6.07, 6.45) is 6.89. The second kappa shape index (κ2) is 10.2. The second-order valence-corrected chi connectivity index (χ2v) is 8.76. The second-order valence-electron chi connectivity index (χ2n) is 8.76. The van der Waals surface area contributed by atoms with Crippen molar-refractivity contribution in [2.24, 2.45) is 0 Å². The number of nitrogens with zero attached hydrogens (tertiary/aromatic N) is 5. The van der Waals surface area contributed by atoms with Crippen LogP contribution in [0, 0.1) is 6.92 Å². The zero-order valence-electron chi connectivity index (χ0n) is 19.4. The Bertz CT molecular complexity index is 1150. The largest absolute Gasteiger partial charge is 0.437 e. The standard InChI is InChI=1S/C26H29N5O3/c1-19-4-2-6-22(16-19)34-25-24(28-9-10-29-25)21-5-3-11-31(18-21)26(32)20-7-8-27-23(17-20)30-12-14-33-15-13-30/h2,4,6-10,16-17,21H,3,5,11-15,18H2,1H3. The third-order valence-corrected chi connectivity index (χ3v) is 6.32. The maximum absolute atomic E-state index is 13.4. The highest BCUT2D eigenvalue weighted by atomic mass is 16.5. The minimum Gasteiger partial charge on any atom is -0.437 e. The molecule has 0 radical (unpaired) electrons. The molecule has 1 unspecified atom stereocenters. The van der Waals surface area contributed by atoms with E-state index in [0.29, 0.717) is 31.2 Å². The average molecular weight is 460 g/mol. The molecular weight excluding hydrogens is 430 g/mol. The van der Waals surface area contributed by atoms with Crippen LogP contribution in [0.25, 0.3) is 0 Å². The van der Waals surface area contributed by atoms with Crippen molar-refractivity contribution < 1.29 is 14.3 Å². The normalized spacial score (nSPS) is 18.6. The molecule has 1 amide bonds. The summed E-state index contributed by atoms with van der Waals surface area (Å²) in [6, 6.07) is 11.6. The molecule has 0 saturated carbocycles. The van der Waals surface area contributed by atoms with Gasteiger partial charge in [-0.05, 0) is 49.6 Å². The molecule has 8 heteroatoms. The van der Waals surface area contributed by atoms with Crippen molar-refractivity contribution in [1.29, 1.82) is 0 Å². The number of carbonyl (C=O) groups is 1. The van der Waals surface area contributed by atoms with Gasteiger partial charge in [0.2, 0.25) is 5.88 Å². The number of hydrogen-bond donors (Lipinski definition) is 0. The van der Waals surface area contributed by atoms with Crippen LogP contribution in [-0.2, 0) is 4.74 Å². The van der Waals surface area contributed by atoms with Crippen LogP contribution in [-0.4, -0.2) is 65.2 Å². The van der Waals surface area contributed by atoms with Gasteiger partial charge < -0.3 is 19.3 Å². The molecule has 2 aromatic heterocycles. The number of rotatable bonds is 5. The van der Waals surface area contributed by atoms with E-state index in [1.54, 1.807) is 24.7 Å². The van der Waals surface area contributed by atoms with Gasteiger partial charge in [-0.1, -0.05) is 12.1 Å². The molecule has 4 heterocycles. The molecule has 0 bridgehead atoms. The van der Waals surface area contributed by atoms with Crippen LogP contribution in [0.2, 0.25) is 0 Å². The monoisotopic (exact) mass is 459 g/mol. The maximum atomic E-state index is 13.4. The lowest BCUT2D eigenvalue weighted by atomic mass is 9.94. The predicted octanol–water partition coefficient (Wildman–Crippen LogP) is 3.83. The van der Waals surface area contributed by atoms with Crippen LogP contribution in [0.5, 0.6) is 11.6 Å². The molecule has 8 nitrogen and oxygen atoms in total. The van der Waals surface area contributed by atoms with E-state index >= 15 is 0 Å². The number of ether oxygens (including phenoxy) is 2. The van der Waals surface area contributed by atoms with E-state index in [1.165, 1.54) is 0 Å². The Hall–Kier alpha value is -3.52. The summed E-state index contributed by atoms with van der Waals surface area (Å²) in [5, 5.41) is 0. The Kier molecular flexibility index (Phi) is 6.67. The molecule has 0 spiro atoms. The minimum absolute atomic E-state index is 0.0200. The van der Waals surface area contributed by atoms with Gasteiger partial charge in [0, 0.05) is 56.3 Å². The topological polar surface area (TPSA) is 80.7 Å². The summed E-state index contributed by atoms with van der Waals surface area (Å²) in [5.74, 6) is 2.15. The van der Waals surface area contributed by atoms with Gasteiger partial charge in [0.1, 0.15) is 17.3 Å². The highest BCUT2D eigenvalue weighted by molar-refractivity contribution is 5.95. The first-order chi connectivity index (χ1) is 16.7. The minimum atomic E-state index is 0.0200. The van der Waals surface area contributed by atoms with Crippen LogP contribution in [0.4, 0.5) is 5.82 Å². The number of aryl methyl sites for hydroxylation is 1. The molecule has 2 fully saturated rings. The number of carbonyl (C=O) groups excluding carboxylic acids is 1.